The van der Waals surface area contributed by atoms with E-state index in [4.69, 9.17) is 0 Å². The van der Waals surface area contributed by atoms with Crippen LogP contribution in [-0.4, -0.2) is 46.4 Å². The van der Waals surface area contributed by atoms with Crippen LogP contribution in [0.1, 0.15) is 0 Å². The molecule has 90 valence electrons. The van der Waals surface area contributed by atoms with E-state index in [0.717, 1.165) is 4.90 Å². The largest absolute Gasteiger partial charge is 0.375 e. The van der Waals surface area contributed by atoms with Gasteiger partial charge in [-0.05, 0) is 24.3 Å². The Kier molecular flexibility index (Phi) is 2.93. The van der Waals surface area contributed by atoms with E-state index in [0.29, 0.717) is 0 Å². The highest BCUT2D eigenvalue weighted by Gasteiger charge is 2.33. The minimum atomic E-state index is -1.09. The van der Waals surface area contributed by atoms with Crippen LogP contribution < -0.4 is 5.32 Å². The van der Waals surface area contributed by atoms with E-state index < -0.39 is 24.3 Å². The third kappa shape index (κ3) is 2.05. The fourth-order valence-corrected chi connectivity index (χ4v) is 1.67. The number of likely N-dealkylation sites (N-methyl/N-ethyl adjacent to an activating group) is 1. The minimum absolute atomic E-state index is 0.212. The van der Waals surface area contributed by atoms with Gasteiger partial charge in [0.2, 0.25) is 0 Å². The Labute approximate surface area is 97.5 Å². The molecule has 0 aromatic heterocycles. The minimum Gasteiger partial charge on any atom is -0.375 e. The van der Waals surface area contributed by atoms with E-state index in [9.17, 15) is 19.8 Å². The molecular formula is C11H12N2O4. The van der Waals surface area contributed by atoms with E-state index in [1.54, 1.807) is 0 Å². The molecular weight excluding hydrogens is 224 g/mol. The maximum atomic E-state index is 11.7. The van der Waals surface area contributed by atoms with E-state index in [-0.39, 0.29) is 11.1 Å². The highest BCUT2D eigenvalue weighted by molar-refractivity contribution is 6.21. The Morgan fingerprint density at radius 3 is 1.88 bits per heavy atom. The quantitative estimate of drug-likeness (QED) is 0.452. The molecule has 2 heterocycles. The number of nitrogens with zero attached hydrogens (tertiary/aromatic N) is 1. The SMILES string of the molecule is CN1C(=O)C2=C(/C=C/C(O)NC(O)/C=C/2)C1=O. The number of hydrogen-bond acceptors (Lipinski definition) is 5. The summed E-state index contributed by atoms with van der Waals surface area (Å²) in [5, 5.41) is 21.3. The average molecular weight is 236 g/mol. The molecule has 6 nitrogen and oxygen atoms in total. The van der Waals surface area contributed by atoms with Crippen molar-refractivity contribution in [2.45, 2.75) is 12.5 Å². The Morgan fingerprint density at radius 2 is 1.47 bits per heavy atom. The first kappa shape index (κ1) is 11.7. The Morgan fingerprint density at radius 1 is 1.06 bits per heavy atom. The number of imide groups is 1. The van der Waals surface area contributed by atoms with Gasteiger partial charge in [-0.25, -0.2) is 0 Å². The van der Waals surface area contributed by atoms with Gasteiger partial charge in [0.25, 0.3) is 11.8 Å². The highest BCUT2D eigenvalue weighted by atomic mass is 16.3. The number of carbonyl (C=O) groups is 2. The molecule has 2 rings (SSSR count). The smallest absolute Gasteiger partial charge is 0.261 e. The lowest BCUT2D eigenvalue weighted by Gasteiger charge is -2.11. The molecule has 17 heavy (non-hydrogen) atoms. The molecule has 0 spiro atoms. The second kappa shape index (κ2) is 4.25. The first-order chi connectivity index (χ1) is 8.00. The van der Waals surface area contributed by atoms with Crippen molar-refractivity contribution in [1.29, 1.82) is 0 Å². The van der Waals surface area contributed by atoms with Crippen LogP contribution in [0.3, 0.4) is 0 Å². The van der Waals surface area contributed by atoms with Crippen LogP contribution >= 0.6 is 0 Å². The molecule has 3 N–H and O–H groups in total. The molecule has 2 amide bonds. The third-order valence-electron chi connectivity index (χ3n) is 2.59. The standard InChI is InChI=1S/C11H12N2O4/c1-13-10(16)6-2-4-8(14)12-9(15)5-3-7(6)11(13)17/h2-5,8-9,12,14-15H,1H3/b4-2+,5-3+. The van der Waals surface area contributed by atoms with E-state index >= 15 is 0 Å². The van der Waals surface area contributed by atoms with Crippen LogP contribution in [-0.2, 0) is 9.59 Å². The summed E-state index contributed by atoms with van der Waals surface area (Å²) in [7, 11) is 1.39. The van der Waals surface area contributed by atoms with Crippen molar-refractivity contribution < 1.29 is 19.8 Å². The number of hydrogen-bond donors (Lipinski definition) is 3. The average Bonchev–Trinajstić information content (AvgIpc) is 2.52. The van der Waals surface area contributed by atoms with Crippen molar-refractivity contribution in [3.8, 4) is 0 Å². The third-order valence-corrected chi connectivity index (χ3v) is 2.59. The molecule has 0 radical (unpaired) electrons. The molecule has 2 aliphatic heterocycles. The summed E-state index contributed by atoms with van der Waals surface area (Å²) in [5.74, 6) is -0.844. The summed E-state index contributed by atoms with van der Waals surface area (Å²) < 4.78 is 0. The van der Waals surface area contributed by atoms with Gasteiger partial charge in [0, 0.05) is 7.05 Å². The summed E-state index contributed by atoms with van der Waals surface area (Å²) in [5.41, 5.74) is 0.424. The molecule has 2 atom stereocenters. The summed E-state index contributed by atoms with van der Waals surface area (Å²) in [6, 6.07) is 0. The Balaban J connectivity index is 2.47. The van der Waals surface area contributed by atoms with E-state index in [1.807, 2.05) is 0 Å². The number of rotatable bonds is 0. The molecule has 0 aromatic rings. The number of amides is 2. The van der Waals surface area contributed by atoms with Crippen LogP contribution in [0.2, 0.25) is 0 Å². The van der Waals surface area contributed by atoms with Crippen LogP contribution in [0, 0.1) is 0 Å². The van der Waals surface area contributed by atoms with Gasteiger partial charge in [0.1, 0.15) is 12.5 Å². The summed E-state index contributed by atoms with van der Waals surface area (Å²) >= 11 is 0. The van der Waals surface area contributed by atoms with E-state index in [2.05, 4.69) is 5.32 Å². The van der Waals surface area contributed by atoms with Crippen LogP contribution in [0.25, 0.3) is 0 Å². The van der Waals surface area contributed by atoms with Gasteiger partial charge in [-0.2, -0.15) is 0 Å². The van der Waals surface area contributed by atoms with Crippen molar-refractivity contribution in [3.63, 3.8) is 0 Å². The molecule has 0 bridgehead atoms. The van der Waals surface area contributed by atoms with Gasteiger partial charge < -0.3 is 10.2 Å². The zero-order valence-corrected chi connectivity index (χ0v) is 9.12. The monoisotopic (exact) mass is 236 g/mol. The molecule has 0 aromatic carbocycles. The van der Waals surface area contributed by atoms with Gasteiger partial charge in [-0.3, -0.25) is 19.8 Å². The van der Waals surface area contributed by atoms with Crippen molar-refractivity contribution in [2.75, 3.05) is 7.05 Å². The Hall–Kier alpha value is -1.76. The Bertz CT molecular complexity index is 424. The fraction of sp³-hybridized carbons (Fsp3) is 0.273. The summed E-state index contributed by atoms with van der Waals surface area (Å²) in [6.45, 7) is 0. The van der Waals surface area contributed by atoms with Crippen LogP contribution in [0.5, 0.6) is 0 Å². The second-order valence-corrected chi connectivity index (χ2v) is 3.77. The summed E-state index contributed by atoms with van der Waals surface area (Å²) in [6.07, 6.45) is 3.18. The number of carbonyl (C=O) groups excluding carboxylic acids is 2. The maximum Gasteiger partial charge on any atom is 0.261 e. The van der Waals surface area contributed by atoms with Crippen molar-refractivity contribution in [2.24, 2.45) is 0 Å². The van der Waals surface area contributed by atoms with Gasteiger partial charge in [-0.1, -0.05) is 0 Å². The van der Waals surface area contributed by atoms with Gasteiger partial charge >= 0.3 is 0 Å². The lowest BCUT2D eigenvalue weighted by molar-refractivity contribution is -0.135. The molecule has 2 unspecified atom stereocenters. The van der Waals surface area contributed by atoms with Crippen molar-refractivity contribution in [1.82, 2.24) is 10.2 Å². The van der Waals surface area contributed by atoms with Crippen LogP contribution in [0.15, 0.2) is 35.5 Å². The molecule has 0 saturated heterocycles. The van der Waals surface area contributed by atoms with Gasteiger partial charge in [0.15, 0.2) is 0 Å². The predicted molar refractivity (Wildman–Crippen MR) is 58.2 cm³/mol. The molecule has 0 fully saturated rings. The molecule has 0 saturated carbocycles. The second-order valence-electron chi connectivity index (χ2n) is 3.77. The molecule has 2 aliphatic rings. The lowest BCUT2D eigenvalue weighted by atomic mass is 10.1. The van der Waals surface area contributed by atoms with E-state index in [1.165, 1.54) is 31.4 Å². The van der Waals surface area contributed by atoms with Crippen molar-refractivity contribution in [3.05, 3.63) is 35.5 Å². The highest BCUT2D eigenvalue weighted by Crippen LogP contribution is 2.22. The van der Waals surface area contributed by atoms with Crippen LogP contribution in [0.4, 0.5) is 0 Å². The topological polar surface area (TPSA) is 89.9 Å². The molecule has 0 aliphatic carbocycles. The molecule has 6 heteroatoms. The van der Waals surface area contributed by atoms with Gasteiger partial charge in [0.05, 0.1) is 11.1 Å². The first-order valence-corrected chi connectivity index (χ1v) is 5.06. The number of aliphatic hydroxyl groups is 2. The predicted octanol–water partition coefficient (Wildman–Crippen LogP) is -1.37. The fourth-order valence-electron chi connectivity index (χ4n) is 1.67. The normalized spacial score (nSPS) is 33.0. The van der Waals surface area contributed by atoms with Crippen molar-refractivity contribution >= 4 is 11.8 Å². The first-order valence-electron chi connectivity index (χ1n) is 5.06. The van der Waals surface area contributed by atoms with Gasteiger partial charge in [-0.15, -0.1) is 0 Å². The summed E-state index contributed by atoms with van der Waals surface area (Å²) in [4.78, 5) is 24.4. The number of aliphatic hydroxyl groups excluding tert-OH is 2. The lowest BCUT2D eigenvalue weighted by Crippen LogP contribution is -2.35. The zero-order valence-electron chi connectivity index (χ0n) is 9.12. The number of nitrogens with one attached hydrogen (secondary N) is 1. The maximum absolute atomic E-state index is 11.7. The zero-order chi connectivity index (χ0) is 12.6.